The van der Waals surface area contributed by atoms with E-state index in [1.165, 1.54) is 0 Å². The summed E-state index contributed by atoms with van der Waals surface area (Å²) < 4.78 is 40.7. The standard InChI is InChI=1S/C17H21F3N4O/c18-11-5-13(20)12(19)4-10(11)9-2-1-8(3-14(9)21)24-6-15-16(7-24)23-17(25)22-15/h4-5,8-9,14-16H,1-3,6-7,21H2,(H2,22,23,25)/t8-,9+,14?,15?,16?/m0/s1. The van der Waals surface area contributed by atoms with Gasteiger partial charge in [-0.1, -0.05) is 0 Å². The molecule has 2 heterocycles. The van der Waals surface area contributed by atoms with Crippen molar-refractivity contribution in [2.45, 2.75) is 49.3 Å². The van der Waals surface area contributed by atoms with Gasteiger partial charge in [0.1, 0.15) is 5.82 Å². The van der Waals surface area contributed by atoms with Crippen LogP contribution >= 0.6 is 0 Å². The second-order valence-electron chi connectivity index (χ2n) is 7.31. The smallest absolute Gasteiger partial charge is 0.315 e. The molecule has 1 aliphatic carbocycles. The molecule has 1 aromatic rings. The number of urea groups is 1. The molecule has 136 valence electrons. The van der Waals surface area contributed by atoms with Crippen molar-refractivity contribution in [3.63, 3.8) is 0 Å². The van der Waals surface area contributed by atoms with Crippen molar-refractivity contribution in [3.8, 4) is 0 Å². The minimum absolute atomic E-state index is 0.116. The van der Waals surface area contributed by atoms with Crippen molar-refractivity contribution < 1.29 is 18.0 Å². The molecule has 0 spiro atoms. The van der Waals surface area contributed by atoms with Gasteiger partial charge in [-0.25, -0.2) is 18.0 Å². The fourth-order valence-electron chi connectivity index (χ4n) is 4.53. The van der Waals surface area contributed by atoms with Crippen molar-refractivity contribution in [2.24, 2.45) is 5.73 Å². The molecule has 8 heteroatoms. The summed E-state index contributed by atoms with van der Waals surface area (Å²) in [6.45, 7) is 1.54. The lowest BCUT2D eigenvalue weighted by Crippen LogP contribution is -2.47. The number of benzene rings is 1. The molecule has 5 atom stereocenters. The first kappa shape index (κ1) is 16.7. The van der Waals surface area contributed by atoms with E-state index in [4.69, 9.17) is 5.73 Å². The first-order valence-electron chi connectivity index (χ1n) is 8.63. The lowest BCUT2D eigenvalue weighted by molar-refractivity contribution is 0.160. The van der Waals surface area contributed by atoms with Crippen LogP contribution in [0.5, 0.6) is 0 Å². The minimum Gasteiger partial charge on any atom is -0.332 e. The van der Waals surface area contributed by atoms with Gasteiger partial charge in [0.15, 0.2) is 11.6 Å². The third kappa shape index (κ3) is 2.97. The van der Waals surface area contributed by atoms with E-state index in [9.17, 15) is 18.0 Å². The van der Waals surface area contributed by atoms with E-state index in [-0.39, 0.29) is 41.7 Å². The maximum absolute atomic E-state index is 14.1. The highest BCUT2D eigenvalue weighted by Gasteiger charge is 2.43. The van der Waals surface area contributed by atoms with Gasteiger partial charge in [0.05, 0.1) is 12.1 Å². The van der Waals surface area contributed by atoms with Gasteiger partial charge in [0.2, 0.25) is 0 Å². The molecule has 2 amide bonds. The first-order valence-corrected chi connectivity index (χ1v) is 8.63. The number of carbonyl (C=O) groups is 1. The molecule has 0 bridgehead atoms. The van der Waals surface area contributed by atoms with Gasteiger partial charge in [-0.05, 0) is 30.9 Å². The Morgan fingerprint density at radius 1 is 1.00 bits per heavy atom. The van der Waals surface area contributed by atoms with Crippen LogP contribution in [0.2, 0.25) is 0 Å². The molecule has 4 N–H and O–H groups in total. The average Bonchev–Trinajstić information content (AvgIpc) is 3.08. The average molecular weight is 354 g/mol. The van der Waals surface area contributed by atoms with E-state index in [0.717, 1.165) is 25.6 Å². The monoisotopic (exact) mass is 354 g/mol. The first-order chi connectivity index (χ1) is 11.9. The Labute approximate surface area is 143 Å². The number of rotatable bonds is 2. The molecule has 2 aliphatic heterocycles. The Morgan fingerprint density at radius 3 is 2.28 bits per heavy atom. The normalized spacial score (nSPS) is 35.4. The topological polar surface area (TPSA) is 70.4 Å². The molecule has 0 radical (unpaired) electrons. The summed E-state index contributed by atoms with van der Waals surface area (Å²) in [7, 11) is 0. The van der Waals surface area contributed by atoms with Gasteiger partial charge in [-0.3, -0.25) is 4.90 Å². The highest BCUT2D eigenvalue weighted by Crippen LogP contribution is 2.37. The Morgan fingerprint density at radius 2 is 1.64 bits per heavy atom. The molecule has 0 aromatic heterocycles. The second-order valence-corrected chi connectivity index (χ2v) is 7.31. The maximum atomic E-state index is 14.1. The molecule has 3 unspecified atom stereocenters. The zero-order chi connectivity index (χ0) is 17.7. The molecular formula is C17H21F3N4O. The van der Waals surface area contributed by atoms with Crippen LogP contribution in [0, 0.1) is 17.5 Å². The third-order valence-electron chi connectivity index (χ3n) is 5.81. The second kappa shape index (κ2) is 6.17. The van der Waals surface area contributed by atoms with Crippen LogP contribution in [0.1, 0.15) is 30.7 Å². The summed E-state index contributed by atoms with van der Waals surface area (Å²) in [4.78, 5) is 13.6. The number of nitrogens with two attached hydrogens (primary N) is 1. The van der Waals surface area contributed by atoms with Gasteiger partial charge < -0.3 is 16.4 Å². The molecule has 2 saturated heterocycles. The van der Waals surface area contributed by atoms with Gasteiger partial charge >= 0.3 is 6.03 Å². The Kier molecular flexibility index (Phi) is 4.11. The van der Waals surface area contributed by atoms with Crippen LogP contribution in [-0.4, -0.2) is 48.2 Å². The zero-order valence-corrected chi connectivity index (χ0v) is 13.6. The van der Waals surface area contributed by atoms with E-state index in [1.807, 2.05) is 0 Å². The van der Waals surface area contributed by atoms with Crippen LogP contribution in [0.3, 0.4) is 0 Å². The lowest BCUT2D eigenvalue weighted by Gasteiger charge is -2.39. The molecule has 5 nitrogen and oxygen atoms in total. The number of halogens is 3. The van der Waals surface area contributed by atoms with Crippen molar-refractivity contribution in [1.82, 2.24) is 15.5 Å². The Balaban J connectivity index is 1.43. The fraction of sp³-hybridized carbons (Fsp3) is 0.588. The quantitative estimate of drug-likeness (QED) is 0.704. The maximum Gasteiger partial charge on any atom is 0.315 e. The summed E-state index contributed by atoms with van der Waals surface area (Å²) in [6, 6.07) is 1.58. The van der Waals surface area contributed by atoms with Gasteiger partial charge in [-0.2, -0.15) is 0 Å². The van der Waals surface area contributed by atoms with E-state index in [1.54, 1.807) is 0 Å². The fourth-order valence-corrected chi connectivity index (χ4v) is 4.53. The largest absolute Gasteiger partial charge is 0.332 e. The van der Waals surface area contributed by atoms with Gasteiger partial charge in [-0.15, -0.1) is 0 Å². The van der Waals surface area contributed by atoms with Gasteiger partial charge in [0, 0.05) is 37.2 Å². The van der Waals surface area contributed by atoms with Crippen molar-refractivity contribution in [1.29, 1.82) is 0 Å². The zero-order valence-electron chi connectivity index (χ0n) is 13.6. The number of nitrogens with one attached hydrogen (secondary N) is 2. The molecule has 3 aliphatic rings. The van der Waals surface area contributed by atoms with Crippen LogP contribution in [0.25, 0.3) is 0 Å². The predicted molar refractivity (Wildman–Crippen MR) is 85.5 cm³/mol. The number of fused-ring (bicyclic) bond motifs is 1. The number of carbonyl (C=O) groups excluding carboxylic acids is 1. The number of amides is 2. The SMILES string of the molecule is NC1C[C@@H](N2CC3NC(=O)NC3C2)CC[C@@H]1c1cc(F)c(F)cc1F. The highest BCUT2D eigenvalue weighted by atomic mass is 19.2. The Hall–Kier alpha value is -1.80. The molecule has 3 fully saturated rings. The minimum atomic E-state index is -1.18. The van der Waals surface area contributed by atoms with E-state index < -0.39 is 17.5 Å². The Bertz CT molecular complexity index is 685. The number of hydrogen-bond acceptors (Lipinski definition) is 3. The number of nitrogens with zero attached hydrogens (tertiary/aromatic N) is 1. The van der Waals surface area contributed by atoms with Gasteiger partial charge in [0.25, 0.3) is 0 Å². The van der Waals surface area contributed by atoms with Crippen molar-refractivity contribution >= 4 is 6.03 Å². The molecule has 4 rings (SSSR count). The highest BCUT2D eigenvalue weighted by molar-refractivity contribution is 5.77. The van der Waals surface area contributed by atoms with Crippen LogP contribution < -0.4 is 16.4 Å². The number of hydrogen-bond donors (Lipinski definition) is 3. The van der Waals surface area contributed by atoms with E-state index >= 15 is 0 Å². The van der Waals surface area contributed by atoms with E-state index in [2.05, 4.69) is 15.5 Å². The van der Waals surface area contributed by atoms with Crippen molar-refractivity contribution in [2.75, 3.05) is 13.1 Å². The lowest BCUT2D eigenvalue weighted by atomic mass is 9.77. The molecule has 25 heavy (non-hydrogen) atoms. The molecular weight excluding hydrogens is 333 g/mol. The predicted octanol–water partition coefficient (Wildman–Crippen LogP) is 1.43. The summed E-state index contributed by atoms with van der Waals surface area (Å²) >= 11 is 0. The van der Waals surface area contributed by atoms with Crippen LogP contribution in [0.4, 0.5) is 18.0 Å². The third-order valence-corrected chi connectivity index (χ3v) is 5.81. The molecule has 1 saturated carbocycles. The summed E-state index contributed by atoms with van der Waals surface area (Å²) in [6.07, 6.45) is 2.10. The van der Waals surface area contributed by atoms with Crippen LogP contribution in [-0.2, 0) is 0 Å². The van der Waals surface area contributed by atoms with Crippen LogP contribution in [0.15, 0.2) is 12.1 Å². The van der Waals surface area contributed by atoms with Crippen molar-refractivity contribution in [3.05, 3.63) is 35.1 Å². The van der Waals surface area contributed by atoms with E-state index in [0.29, 0.717) is 18.9 Å². The summed E-state index contributed by atoms with van der Waals surface area (Å²) in [5.74, 6) is -3.27. The number of likely N-dealkylation sites (tertiary alicyclic amines) is 1. The molecule has 1 aromatic carbocycles. The summed E-state index contributed by atoms with van der Waals surface area (Å²) in [5.41, 5.74) is 6.43. The summed E-state index contributed by atoms with van der Waals surface area (Å²) in [5, 5.41) is 5.80.